The zero-order chi connectivity index (χ0) is 15.4. The molecule has 0 aliphatic carbocycles. The maximum atomic E-state index is 11.3. The Bertz CT molecular complexity index is 349. The molecule has 0 N–H and O–H groups in total. The molecule has 0 aromatic carbocycles. The van der Waals surface area contributed by atoms with Gasteiger partial charge in [0.25, 0.3) is 0 Å². The van der Waals surface area contributed by atoms with Crippen molar-refractivity contribution in [3.8, 4) is 0 Å². The van der Waals surface area contributed by atoms with E-state index in [4.69, 9.17) is 0 Å². The van der Waals surface area contributed by atoms with Crippen molar-refractivity contribution in [3.63, 3.8) is 0 Å². The largest absolute Gasteiger partial charge is 0.748 e. The predicted octanol–water partition coefficient (Wildman–Crippen LogP) is 2.05. The van der Waals surface area contributed by atoms with E-state index in [-0.39, 0.29) is 5.75 Å². The van der Waals surface area contributed by atoms with E-state index in [1.54, 1.807) is 0 Å². The van der Waals surface area contributed by atoms with Crippen molar-refractivity contribution in [3.05, 3.63) is 0 Å². The molecule has 20 heavy (non-hydrogen) atoms. The lowest BCUT2D eigenvalue weighted by molar-refractivity contribution is -0.116. The Kier molecular flexibility index (Phi) is 12.1. The number of carbonyl (C=O) groups excluding carboxylic acids is 1. The highest BCUT2D eigenvalue weighted by atomic mass is 32.2. The van der Waals surface area contributed by atoms with Gasteiger partial charge < -0.3 is 4.55 Å². The molecule has 0 aromatic rings. The minimum atomic E-state index is -3.94. The third-order valence-corrected chi connectivity index (χ3v) is 7.26. The number of rotatable bonds is 7. The van der Waals surface area contributed by atoms with Crippen LogP contribution in [0.5, 0.6) is 0 Å². The van der Waals surface area contributed by atoms with Crippen LogP contribution >= 0.6 is 11.8 Å². The number of unbranched alkanes of at least 4 members (excludes halogenated alkanes) is 1. The quantitative estimate of drug-likeness (QED) is 0.523. The molecule has 0 amide bonds. The highest BCUT2D eigenvalue weighted by Crippen LogP contribution is 2.14. The molecule has 0 bridgehead atoms. The molecule has 1 fully saturated rings. The van der Waals surface area contributed by atoms with Crippen molar-refractivity contribution in [2.24, 2.45) is 0 Å². The molecular formula is C13H26O4S3. The van der Waals surface area contributed by atoms with Gasteiger partial charge in [0, 0.05) is 23.7 Å². The summed E-state index contributed by atoms with van der Waals surface area (Å²) in [4.78, 5) is 11.3. The number of hydrogen-bond donors (Lipinski definition) is 0. The monoisotopic (exact) mass is 342 g/mol. The summed E-state index contributed by atoms with van der Waals surface area (Å²) >= 11 is 2.03. The Morgan fingerprint density at radius 2 is 1.80 bits per heavy atom. The Hall–Kier alpha value is 0.280. The van der Waals surface area contributed by atoms with Crippen LogP contribution < -0.4 is 0 Å². The lowest BCUT2D eigenvalue weighted by Crippen LogP contribution is -2.27. The zero-order valence-electron chi connectivity index (χ0n) is 12.4. The van der Waals surface area contributed by atoms with Gasteiger partial charge in [-0.2, -0.15) is 11.8 Å². The van der Waals surface area contributed by atoms with Gasteiger partial charge in [-0.1, -0.05) is 20.3 Å². The topological polar surface area (TPSA) is 74.3 Å². The molecule has 0 atom stereocenters. The van der Waals surface area contributed by atoms with E-state index in [0.717, 1.165) is 25.0 Å². The van der Waals surface area contributed by atoms with Crippen molar-refractivity contribution in [2.75, 3.05) is 34.5 Å². The third-order valence-electron chi connectivity index (χ3n) is 2.67. The number of hydrogen-bond acceptors (Lipinski definition) is 5. The molecular weight excluding hydrogens is 316 g/mol. The zero-order valence-corrected chi connectivity index (χ0v) is 14.9. The van der Waals surface area contributed by atoms with Crippen molar-refractivity contribution in [1.82, 2.24) is 0 Å². The molecule has 1 rings (SSSR count). The van der Waals surface area contributed by atoms with E-state index in [0.29, 0.717) is 23.1 Å². The Morgan fingerprint density at radius 1 is 1.20 bits per heavy atom. The van der Waals surface area contributed by atoms with Crippen LogP contribution in [0, 0.1) is 0 Å². The van der Waals surface area contributed by atoms with Crippen molar-refractivity contribution in [2.45, 2.75) is 39.5 Å². The second-order valence-corrected chi connectivity index (χ2v) is 9.76. The molecule has 1 saturated heterocycles. The van der Waals surface area contributed by atoms with Gasteiger partial charge in [0.2, 0.25) is 0 Å². The first-order chi connectivity index (χ1) is 9.39. The van der Waals surface area contributed by atoms with E-state index in [1.807, 2.05) is 18.7 Å². The minimum absolute atomic E-state index is 0.219. The number of ketones is 1. The van der Waals surface area contributed by atoms with Crippen LogP contribution in [0.1, 0.15) is 39.5 Å². The highest BCUT2D eigenvalue weighted by molar-refractivity contribution is 8.05. The van der Waals surface area contributed by atoms with Gasteiger partial charge in [-0.25, -0.2) is 8.42 Å². The number of Topliss-reactive ketones (excluding diaryl/α,β-unsaturated/α-hetero) is 1. The van der Waals surface area contributed by atoms with Gasteiger partial charge in [-0.05, 0) is 23.7 Å². The summed E-state index contributed by atoms with van der Waals surface area (Å²) in [6.07, 6.45) is 3.05. The fraction of sp³-hybridized carbons (Fsp3) is 0.923. The molecule has 0 aromatic heterocycles. The molecule has 1 aliphatic heterocycles. The first kappa shape index (κ1) is 20.3. The first-order valence-corrected chi connectivity index (χ1v) is 11.5. The van der Waals surface area contributed by atoms with Crippen LogP contribution in [-0.2, 0) is 25.8 Å². The van der Waals surface area contributed by atoms with Crippen LogP contribution in [0.4, 0.5) is 0 Å². The Balaban J connectivity index is 0.000000396. The SMILES string of the molecule is CCCC(=O)C[S+]1CCSCC1.CCCCS(=O)(=O)[O-]. The average Bonchev–Trinajstić information content (AvgIpc) is 2.38. The van der Waals surface area contributed by atoms with E-state index in [9.17, 15) is 17.8 Å². The molecule has 1 heterocycles. The van der Waals surface area contributed by atoms with Gasteiger partial charge in [0.1, 0.15) is 11.5 Å². The summed E-state index contributed by atoms with van der Waals surface area (Å²) in [5.74, 6) is 6.30. The van der Waals surface area contributed by atoms with Gasteiger partial charge in [0.15, 0.2) is 11.5 Å². The summed E-state index contributed by atoms with van der Waals surface area (Å²) < 4.78 is 29.5. The smallest absolute Gasteiger partial charge is 0.181 e. The molecule has 0 radical (unpaired) electrons. The molecule has 4 nitrogen and oxygen atoms in total. The minimum Gasteiger partial charge on any atom is -0.748 e. The molecule has 0 unspecified atom stereocenters. The van der Waals surface area contributed by atoms with Crippen LogP contribution in [-0.4, -0.2) is 53.3 Å². The lowest BCUT2D eigenvalue weighted by Gasteiger charge is -2.12. The normalized spacial score (nSPS) is 16.4. The van der Waals surface area contributed by atoms with E-state index < -0.39 is 10.1 Å². The number of carbonyl (C=O) groups is 1. The second-order valence-electron chi connectivity index (χ2n) is 4.68. The van der Waals surface area contributed by atoms with Gasteiger partial charge in [0.05, 0.1) is 10.1 Å². The van der Waals surface area contributed by atoms with Crippen molar-refractivity contribution >= 4 is 38.6 Å². The van der Waals surface area contributed by atoms with Crippen LogP contribution in [0.15, 0.2) is 0 Å². The van der Waals surface area contributed by atoms with E-state index in [2.05, 4.69) is 6.92 Å². The third kappa shape index (κ3) is 13.3. The fourth-order valence-electron chi connectivity index (χ4n) is 1.60. The summed E-state index contributed by atoms with van der Waals surface area (Å²) in [5.41, 5.74) is 0. The molecule has 0 saturated carbocycles. The van der Waals surface area contributed by atoms with E-state index in [1.165, 1.54) is 23.0 Å². The van der Waals surface area contributed by atoms with Gasteiger partial charge >= 0.3 is 0 Å². The molecule has 7 heteroatoms. The van der Waals surface area contributed by atoms with Crippen molar-refractivity contribution in [1.29, 1.82) is 0 Å². The first-order valence-electron chi connectivity index (χ1n) is 7.06. The van der Waals surface area contributed by atoms with Crippen LogP contribution in [0.25, 0.3) is 0 Å². The lowest BCUT2D eigenvalue weighted by atomic mass is 10.3. The standard InChI is InChI=1S/C9H17OS2.C4H10O3S/c1-2-3-9(10)8-12-6-4-11-5-7-12;1-2-3-4-8(5,6)7/h2-8H2,1H3;2-4H2,1H3,(H,5,6,7)/q+1;/p-1. The summed E-state index contributed by atoms with van der Waals surface area (Å²) in [6.45, 7) is 3.92. The van der Waals surface area contributed by atoms with Crippen LogP contribution in [0.2, 0.25) is 0 Å². The summed E-state index contributed by atoms with van der Waals surface area (Å²) in [6, 6.07) is 0. The molecule has 1 aliphatic rings. The van der Waals surface area contributed by atoms with Crippen molar-refractivity contribution < 1.29 is 17.8 Å². The highest BCUT2D eigenvalue weighted by Gasteiger charge is 2.24. The van der Waals surface area contributed by atoms with Gasteiger partial charge in [-0.15, -0.1) is 0 Å². The predicted molar refractivity (Wildman–Crippen MR) is 88.7 cm³/mol. The average molecular weight is 343 g/mol. The molecule has 0 spiro atoms. The van der Waals surface area contributed by atoms with E-state index >= 15 is 0 Å². The second kappa shape index (κ2) is 11.9. The van der Waals surface area contributed by atoms with Gasteiger partial charge in [-0.3, -0.25) is 4.79 Å². The van der Waals surface area contributed by atoms with Crippen LogP contribution in [0.3, 0.4) is 0 Å². The fourth-order valence-corrected chi connectivity index (χ4v) is 6.37. The summed E-state index contributed by atoms with van der Waals surface area (Å²) in [7, 11) is -3.48. The Labute approximate surface area is 130 Å². The summed E-state index contributed by atoms with van der Waals surface area (Å²) in [5, 5.41) is 0. The molecule has 120 valence electrons. The maximum absolute atomic E-state index is 11.3. The maximum Gasteiger partial charge on any atom is 0.181 e. The Morgan fingerprint density at radius 3 is 2.20 bits per heavy atom. The number of thioether (sulfide) groups is 1.